The fraction of sp³-hybridized carbons (Fsp3) is 0.172. The van der Waals surface area contributed by atoms with Gasteiger partial charge in [0.2, 0.25) is 0 Å². The van der Waals surface area contributed by atoms with Crippen molar-refractivity contribution in [3.8, 4) is 23.0 Å². The summed E-state index contributed by atoms with van der Waals surface area (Å²) in [5.74, 6) is 0.410. The summed E-state index contributed by atoms with van der Waals surface area (Å²) in [6.45, 7) is 3.73. The second-order valence-electron chi connectivity index (χ2n) is 8.81. The van der Waals surface area contributed by atoms with Crippen molar-refractivity contribution in [2.45, 2.75) is 19.9 Å². The standard InChI is InChI=1S/C29H28FN5O5/c1-17(2)32-16-22(28(36)34-19-7-5-18(30)6-8-19)29(37)35-27-10-9-20(15-33-27)40-24-11-12-31-23-14-26(39-4)25(38-3)13-21(23)24/h5-17,32H,1-4H3,(H,34,36)(H,33,35,37)/b22-16+. The lowest BCUT2D eigenvalue weighted by Crippen LogP contribution is -2.29. The number of methoxy groups -OCH3 is 2. The molecule has 4 rings (SSSR count). The molecule has 2 heterocycles. The van der Waals surface area contributed by atoms with Crippen LogP contribution in [0.4, 0.5) is 15.9 Å². The third-order valence-corrected chi connectivity index (χ3v) is 5.56. The van der Waals surface area contributed by atoms with E-state index in [1.165, 1.54) is 36.7 Å². The van der Waals surface area contributed by atoms with Crippen LogP contribution in [0.25, 0.3) is 10.9 Å². The number of carbonyl (C=O) groups is 2. The normalized spacial score (nSPS) is 11.2. The highest BCUT2D eigenvalue weighted by Crippen LogP contribution is 2.36. The molecule has 0 aliphatic carbocycles. The van der Waals surface area contributed by atoms with Crippen molar-refractivity contribution in [1.29, 1.82) is 0 Å². The molecule has 0 fully saturated rings. The predicted octanol–water partition coefficient (Wildman–Crippen LogP) is 5.04. The largest absolute Gasteiger partial charge is 0.493 e. The maximum Gasteiger partial charge on any atom is 0.263 e. The Kier molecular flexibility index (Phi) is 8.75. The number of amides is 2. The van der Waals surface area contributed by atoms with Gasteiger partial charge in [0.05, 0.1) is 25.9 Å². The summed E-state index contributed by atoms with van der Waals surface area (Å²) in [7, 11) is 3.09. The molecule has 0 unspecified atom stereocenters. The molecule has 0 atom stereocenters. The number of nitrogens with zero attached hydrogens (tertiary/aromatic N) is 2. The SMILES string of the molecule is COc1cc2nccc(Oc3ccc(NC(=O)/C(=C/NC(C)C)C(=O)Nc4ccc(F)cc4)nc3)c2cc1OC. The van der Waals surface area contributed by atoms with Crippen molar-refractivity contribution in [3.05, 3.63) is 84.6 Å². The average molecular weight is 546 g/mol. The molecular formula is C29H28FN5O5. The van der Waals surface area contributed by atoms with Crippen LogP contribution in [0, 0.1) is 5.82 Å². The summed E-state index contributed by atoms with van der Waals surface area (Å²) in [5.41, 5.74) is 0.807. The van der Waals surface area contributed by atoms with E-state index < -0.39 is 17.6 Å². The lowest BCUT2D eigenvalue weighted by molar-refractivity contribution is -0.118. The second kappa shape index (κ2) is 12.6. The van der Waals surface area contributed by atoms with Crippen molar-refractivity contribution in [3.63, 3.8) is 0 Å². The lowest BCUT2D eigenvalue weighted by Gasteiger charge is -2.13. The van der Waals surface area contributed by atoms with Crippen LogP contribution in [0.3, 0.4) is 0 Å². The minimum absolute atomic E-state index is 0.0266. The molecule has 0 saturated carbocycles. The van der Waals surface area contributed by atoms with Crippen molar-refractivity contribution in [2.24, 2.45) is 0 Å². The Labute approximate surface area is 230 Å². The summed E-state index contributed by atoms with van der Waals surface area (Å²) >= 11 is 0. The maximum atomic E-state index is 13.2. The fourth-order valence-electron chi connectivity index (χ4n) is 3.58. The van der Waals surface area contributed by atoms with Crippen LogP contribution in [-0.4, -0.2) is 42.0 Å². The third-order valence-electron chi connectivity index (χ3n) is 5.56. The molecule has 4 aromatic rings. The first-order chi connectivity index (χ1) is 19.3. The van der Waals surface area contributed by atoms with E-state index in [1.54, 1.807) is 50.7 Å². The minimum atomic E-state index is -0.685. The van der Waals surface area contributed by atoms with Crippen LogP contribution in [-0.2, 0) is 9.59 Å². The quantitative estimate of drug-likeness (QED) is 0.144. The molecule has 2 aromatic heterocycles. The maximum absolute atomic E-state index is 13.2. The molecule has 206 valence electrons. The van der Waals surface area contributed by atoms with E-state index >= 15 is 0 Å². The number of pyridine rings is 2. The molecule has 0 spiro atoms. The number of anilines is 2. The van der Waals surface area contributed by atoms with E-state index in [0.717, 1.165) is 0 Å². The summed E-state index contributed by atoms with van der Waals surface area (Å²) in [6.07, 6.45) is 4.38. The Balaban J connectivity index is 1.49. The van der Waals surface area contributed by atoms with Crippen LogP contribution in [0.2, 0.25) is 0 Å². The molecule has 0 saturated heterocycles. The number of halogens is 1. The van der Waals surface area contributed by atoms with Gasteiger partial charge in [0, 0.05) is 35.6 Å². The van der Waals surface area contributed by atoms with Gasteiger partial charge in [-0.3, -0.25) is 14.6 Å². The van der Waals surface area contributed by atoms with Crippen LogP contribution in [0.15, 0.2) is 78.8 Å². The van der Waals surface area contributed by atoms with Gasteiger partial charge < -0.3 is 30.2 Å². The molecule has 0 aliphatic rings. The predicted molar refractivity (Wildman–Crippen MR) is 149 cm³/mol. The van der Waals surface area contributed by atoms with Crippen molar-refractivity contribution >= 4 is 34.2 Å². The van der Waals surface area contributed by atoms with Crippen molar-refractivity contribution < 1.29 is 28.2 Å². The average Bonchev–Trinajstić information content (AvgIpc) is 2.94. The summed E-state index contributed by atoms with van der Waals surface area (Å²) in [5, 5.41) is 8.86. The third kappa shape index (κ3) is 6.81. The number of carbonyl (C=O) groups excluding carboxylic acids is 2. The topological polar surface area (TPSA) is 124 Å². The zero-order chi connectivity index (χ0) is 28.6. The Hall–Kier alpha value is -5.19. The van der Waals surface area contributed by atoms with Gasteiger partial charge in [-0.15, -0.1) is 0 Å². The first kappa shape index (κ1) is 27.8. The molecule has 2 amide bonds. The van der Waals surface area contributed by atoms with Gasteiger partial charge in [-0.1, -0.05) is 0 Å². The second-order valence-corrected chi connectivity index (χ2v) is 8.81. The lowest BCUT2D eigenvalue weighted by atomic mass is 10.2. The van der Waals surface area contributed by atoms with E-state index in [4.69, 9.17) is 14.2 Å². The smallest absolute Gasteiger partial charge is 0.263 e. The van der Waals surface area contributed by atoms with Crippen LogP contribution in [0.5, 0.6) is 23.0 Å². The summed E-state index contributed by atoms with van der Waals surface area (Å²) in [6, 6.07) is 13.6. The molecule has 2 aromatic carbocycles. The highest BCUT2D eigenvalue weighted by Gasteiger charge is 2.20. The van der Waals surface area contributed by atoms with Gasteiger partial charge in [-0.2, -0.15) is 0 Å². The van der Waals surface area contributed by atoms with E-state index in [0.29, 0.717) is 39.6 Å². The first-order valence-electron chi connectivity index (χ1n) is 12.3. The summed E-state index contributed by atoms with van der Waals surface area (Å²) < 4.78 is 30.0. The van der Waals surface area contributed by atoms with Crippen molar-refractivity contribution in [1.82, 2.24) is 15.3 Å². The van der Waals surface area contributed by atoms with Crippen molar-refractivity contribution in [2.75, 3.05) is 24.9 Å². The zero-order valence-electron chi connectivity index (χ0n) is 22.3. The Morgan fingerprint density at radius 2 is 1.57 bits per heavy atom. The van der Waals surface area contributed by atoms with E-state index in [2.05, 4.69) is 25.9 Å². The molecule has 11 heteroatoms. The first-order valence-corrected chi connectivity index (χ1v) is 12.3. The number of hydrogen-bond donors (Lipinski definition) is 3. The van der Waals surface area contributed by atoms with Gasteiger partial charge in [0.25, 0.3) is 11.8 Å². The molecule has 10 nitrogen and oxygen atoms in total. The molecule has 0 bridgehead atoms. The number of hydrogen-bond acceptors (Lipinski definition) is 8. The Bertz CT molecular complexity index is 1540. The zero-order valence-corrected chi connectivity index (χ0v) is 22.3. The minimum Gasteiger partial charge on any atom is -0.493 e. The summed E-state index contributed by atoms with van der Waals surface area (Å²) in [4.78, 5) is 34.5. The molecular weight excluding hydrogens is 517 g/mol. The van der Waals surface area contributed by atoms with E-state index in [1.807, 2.05) is 13.8 Å². The van der Waals surface area contributed by atoms with Crippen LogP contribution >= 0.6 is 0 Å². The fourth-order valence-corrected chi connectivity index (χ4v) is 3.58. The van der Waals surface area contributed by atoms with Gasteiger partial charge in [0.15, 0.2) is 11.5 Å². The number of benzene rings is 2. The van der Waals surface area contributed by atoms with Crippen LogP contribution in [0.1, 0.15) is 13.8 Å². The monoisotopic (exact) mass is 545 g/mol. The van der Waals surface area contributed by atoms with Gasteiger partial charge in [-0.25, -0.2) is 9.37 Å². The molecule has 0 aliphatic heterocycles. The number of nitrogens with one attached hydrogen (secondary N) is 3. The van der Waals surface area contributed by atoms with E-state index in [-0.39, 0.29) is 17.4 Å². The van der Waals surface area contributed by atoms with Crippen LogP contribution < -0.4 is 30.2 Å². The van der Waals surface area contributed by atoms with Gasteiger partial charge in [-0.05, 0) is 62.4 Å². The highest BCUT2D eigenvalue weighted by atomic mass is 19.1. The molecule has 0 radical (unpaired) electrons. The Morgan fingerprint density at radius 1 is 0.875 bits per heavy atom. The number of ether oxygens (including phenoxy) is 3. The number of rotatable bonds is 10. The molecule has 40 heavy (non-hydrogen) atoms. The highest BCUT2D eigenvalue weighted by molar-refractivity contribution is 6.26. The number of aromatic nitrogens is 2. The van der Waals surface area contributed by atoms with E-state index in [9.17, 15) is 14.0 Å². The van der Waals surface area contributed by atoms with Gasteiger partial charge >= 0.3 is 0 Å². The van der Waals surface area contributed by atoms with Gasteiger partial charge in [0.1, 0.15) is 28.7 Å². The Morgan fingerprint density at radius 3 is 2.23 bits per heavy atom. The molecule has 3 N–H and O–H groups in total. The number of fused-ring (bicyclic) bond motifs is 1.